The average Bonchev–Trinajstić information content (AvgIpc) is 3.06. The highest BCUT2D eigenvalue weighted by atomic mass is 32.2. The number of amides is 1. The molecule has 2 heterocycles. The molecule has 0 aliphatic carbocycles. The molecule has 4 aromatic rings. The number of pyridine rings is 1. The molecule has 4 rings (SSSR count). The van der Waals surface area contributed by atoms with E-state index in [2.05, 4.69) is 52.1 Å². The van der Waals surface area contributed by atoms with Gasteiger partial charge in [-0.2, -0.15) is 5.26 Å². The SMILES string of the molecule is CCn1c2ccccc2c2cc(NC(=O)CCSc3nc(C)cc(C)c3C#N)ccc21. The minimum Gasteiger partial charge on any atom is -0.341 e. The highest BCUT2D eigenvalue weighted by Gasteiger charge is 2.12. The normalized spacial score (nSPS) is 11.0. The number of nitrogens with zero attached hydrogens (tertiary/aromatic N) is 3. The second-order valence-corrected chi connectivity index (χ2v) is 8.60. The van der Waals surface area contributed by atoms with E-state index in [1.54, 1.807) is 0 Å². The molecule has 0 radical (unpaired) electrons. The molecule has 0 unspecified atom stereocenters. The van der Waals surface area contributed by atoms with Gasteiger partial charge in [-0.3, -0.25) is 4.79 Å². The number of fused-ring (bicyclic) bond motifs is 3. The van der Waals surface area contributed by atoms with Crippen molar-refractivity contribution >= 4 is 45.2 Å². The van der Waals surface area contributed by atoms with Gasteiger partial charge in [-0.25, -0.2) is 4.98 Å². The lowest BCUT2D eigenvalue weighted by Gasteiger charge is -2.08. The first-order chi connectivity index (χ1) is 15.0. The van der Waals surface area contributed by atoms with Crippen molar-refractivity contribution in [1.29, 1.82) is 5.26 Å². The Morgan fingerprint density at radius 3 is 2.68 bits per heavy atom. The van der Waals surface area contributed by atoms with E-state index in [-0.39, 0.29) is 5.91 Å². The summed E-state index contributed by atoms with van der Waals surface area (Å²) in [7, 11) is 0. The molecule has 6 heteroatoms. The van der Waals surface area contributed by atoms with Crippen LogP contribution in [0.4, 0.5) is 5.69 Å². The van der Waals surface area contributed by atoms with Gasteiger partial charge in [0.05, 0.1) is 5.56 Å². The topological polar surface area (TPSA) is 70.7 Å². The van der Waals surface area contributed by atoms with Crippen molar-refractivity contribution in [2.45, 2.75) is 38.8 Å². The molecule has 0 aliphatic rings. The van der Waals surface area contributed by atoms with Crippen LogP contribution in [-0.2, 0) is 11.3 Å². The summed E-state index contributed by atoms with van der Waals surface area (Å²) in [6.45, 7) is 6.86. The summed E-state index contributed by atoms with van der Waals surface area (Å²) >= 11 is 1.45. The summed E-state index contributed by atoms with van der Waals surface area (Å²) in [5.74, 6) is 0.516. The van der Waals surface area contributed by atoms with Crippen molar-refractivity contribution in [2.75, 3.05) is 11.1 Å². The Kier molecular flexibility index (Phi) is 5.97. The van der Waals surface area contributed by atoms with Gasteiger partial charge in [0.15, 0.2) is 0 Å². The fraction of sp³-hybridized carbons (Fsp3) is 0.240. The molecule has 1 N–H and O–H groups in total. The zero-order chi connectivity index (χ0) is 22.0. The van der Waals surface area contributed by atoms with Gasteiger partial charge in [0.25, 0.3) is 0 Å². The van der Waals surface area contributed by atoms with Gasteiger partial charge < -0.3 is 9.88 Å². The number of nitriles is 1. The largest absolute Gasteiger partial charge is 0.341 e. The Morgan fingerprint density at radius 2 is 1.90 bits per heavy atom. The number of carbonyl (C=O) groups is 1. The minimum absolute atomic E-state index is 0.0473. The number of rotatable bonds is 6. The van der Waals surface area contributed by atoms with Crippen LogP contribution in [0.5, 0.6) is 0 Å². The summed E-state index contributed by atoms with van der Waals surface area (Å²) in [5, 5.41) is 15.4. The van der Waals surface area contributed by atoms with Crippen LogP contribution >= 0.6 is 11.8 Å². The van der Waals surface area contributed by atoms with Crippen LogP contribution in [0.15, 0.2) is 53.6 Å². The van der Waals surface area contributed by atoms with E-state index in [9.17, 15) is 10.1 Å². The van der Waals surface area contributed by atoms with Gasteiger partial charge in [0, 0.05) is 51.9 Å². The van der Waals surface area contributed by atoms with Crippen molar-refractivity contribution in [1.82, 2.24) is 9.55 Å². The second kappa shape index (κ2) is 8.83. The molecule has 0 aliphatic heterocycles. The molecule has 1 amide bonds. The maximum Gasteiger partial charge on any atom is 0.225 e. The van der Waals surface area contributed by atoms with Crippen molar-refractivity contribution in [2.24, 2.45) is 0 Å². The Hall–Kier alpha value is -3.30. The maximum absolute atomic E-state index is 12.5. The Labute approximate surface area is 186 Å². The van der Waals surface area contributed by atoms with E-state index in [4.69, 9.17) is 0 Å². The molecule has 0 bridgehead atoms. The molecule has 0 fully saturated rings. The second-order valence-electron chi connectivity index (χ2n) is 7.51. The number of aromatic nitrogens is 2. The molecule has 5 nitrogen and oxygen atoms in total. The number of thioether (sulfide) groups is 1. The third kappa shape index (κ3) is 4.14. The maximum atomic E-state index is 12.5. The number of para-hydroxylation sites is 1. The van der Waals surface area contributed by atoms with Gasteiger partial charge in [0.2, 0.25) is 5.91 Å². The summed E-state index contributed by atoms with van der Waals surface area (Å²) in [4.78, 5) is 17.0. The van der Waals surface area contributed by atoms with Crippen LogP contribution < -0.4 is 5.32 Å². The molecule has 156 valence electrons. The lowest BCUT2D eigenvalue weighted by Crippen LogP contribution is -2.12. The number of carbonyl (C=O) groups excluding carboxylic acids is 1. The number of nitrogens with one attached hydrogen (secondary N) is 1. The predicted molar refractivity (Wildman–Crippen MR) is 128 cm³/mol. The molecular formula is C25H24N4OS. The number of benzene rings is 2. The van der Waals surface area contributed by atoms with Crippen molar-refractivity contribution in [3.05, 3.63) is 65.4 Å². The molecule has 0 atom stereocenters. The zero-order valence-electron chi connectivity index (χ0n) is 17.9. The minimum atomic E-state index is -0.0473. The van der Waals surface area contributed by atoms with Crippen LogP contribution in [0.25, 0.3) is 21.8 Å². The van der Waals surface area contributed by atoms with E-state index in [1.165, 1.54) is 28.2 Å². The van der Waals surface area contributed by atoms with E-state index >= 15 is 0 Å². The molecule has 31 heavy (non-hydrogen) atoms. The third-order valence-electron chi connectivity index (χ3n) is 5.36. The lowest BCUT2D eigenvalue weighted by atomic mass is 10.1. The Morgan fingerprint density at radius 1 is 1.13 bits per heavy atom. The first kappa shape index (κ1) is 21.0. The monoisotopic (exact) mass is 428 g/mol. The fourth-order valence-electron chi connectivity index (χ4n) is 3.98. The summed E-state index contributed by atoms with van der Waals surface area (Å²) in [6, 6.07) is 18.5. The van der Waals surface area contributed by atoms with E-state index < -0.39 is 0 Å². The summed E-state index contributed by atoms with van der Waals surface area (Å²) in [5.41, 5.74) is 5.55. The highest BCUT2D eigenvalue weighted by molar-refractivity contribution is 7.99. The quantitative estimate of drug-likeness (QED) is 0.393. The summed E-state index contributed by atoms with van der Waals surface area (Å²) in [6.07, 6.45) is 0.346. The molecule has 0 saturated heterocycles. The summed E-state index contributed by atoms with van der Waals surface area (Å²) < 4.78 is 2.29. The standard InChI is InChI=1S/C25H24N4OS/c1-4-29-22-8-6-5-7-19(22)20-14-18(9-10-23(20)29)28-24(30)11-12-31-25-21(15-26)16(2)13-17(3)27-25/h5-10,13-14H,4,11-12H2,1-3H3,(H,28,30). The van der Waals surface area contributed by atoms with Crippen molar-refractivity contribution in [3.63, 3.8) is 0 Å². The predicted octanol–water partition coefficient (Wildman–Crippen LogP) is 5.82. The van der Waals surface area contributed by atoms with Crippen LogP contribution in [0.2, 0.25) is 0 Å². The molecule has 0 spiro atoms. The van der Waals surface area contributed by atoms with Gasteiger partial charge in [-0.1, -0.05) is 18.2 Å². The molecule has 2 aromatic heterocycles. The molecule has 2 aromatic carbocycles. The number of hydrogen-bond donors (Lipinski definition) is 1. The smallest absolute Gasteiger partial charge is 0.225 e. The van der Waals surface area contributed by atoms with Gasteiger partial charge in [-0.15, -0.1) is 11.8 Å². The van der Waals surface area contributed by atoms with Crippen LogP contribution in [0, 0.1) is 25.2 Å². The fourth-order valence-corrected chi connectivity index (χ4v) is 5.02. The van der Waals surface area contributed by atoms with Gasteiger partial charge in [0.1, 0.15) is 11.1 Å². The van der Waals surface area contributed by atoms with Crippen LogP contribution in [0.3, 0.4) is 0 Å². The zero-order valence-corrected chi connectivity index (χ0v) is 18.7. The first-order valence-corrected chi connectivity index (χ1v) is 11.3. The lowest BCUT2D eigenvalue weighted by molar-refractivity contribution is -0.115. The van der Waals surface area contributed by atoms with Crippen molar-refractivity contribution in [3.8, 4) is 6.07 Å². The number of anilines is 1. The number of aryl methyl sites for hydroxylation is 3. The molecular weight excluding hydrogens is 404 g/mol. The Bertz CT molecular complexity index is 1330. The van der Waals surface area contributed by atoms with Crippen LogP contribution in [-0.4, -0.2) is 21.2 Å². The first-order valence-electron chi connectivity index (χ1n) is 10.3. The van der Waals surface area contributed by atoms with Gasteiger partial charge in [-0.05, 0) is 56.7 Å². The number of hydrogen-bond acceptors (Lipinski definition) is 4. The Balaban J connectivity index is 1.47. The van der Waals surface area contributed by atoms with Crippen LogP contribution in [0.1, 0.15) is 30.2 Å². The van der Waals surface area contributed by atoms with E-state index in [0.29, 0.717) is 22.8 Å². The van der Waals surface area contributed by atoms with Crippen molar-refractivity contribution < 1.29 is 4.79 Å². The highest BCUT2D eigenvalue weighted by Crippen LogP contribution is 2.31. The van der Waals surface area contributed by atoms with Gasteiger partial charge >= 0.3 is 0 Å². The average molecular weight is 429 g/mol. The van der Waals surface area contributed by atoms with E-state index in [0.717, 1.165) is 28.9 Å². The third-order valence-corrected chi connectivity index (χ3v) is 6.34. The van der Waals surface area contributed by atoms with E-state index in [1.807, 2.05) is 38.1 Å². The molecule has 0 saturated carbocycles.